The average Bonchev–Trinajstić information content (AvgIpc) is 2.76. The number of hydrogen-bond donors (Lipinski definition) is 1. The first kappa shape index (κ1) is 17.9. The zero-order valence-electron chi connectivity index (χ0n) is 15.1. The van der Waals surface area contributed by atoms with E-state index in [0.717, 1.165) is 11.1 Å². The van der Waals surface area contributed by atoms with Gasteiger partial charge in [-0.05, 0) is 33.1 Å². The van der Waals surface area contributed by atoms with Gasteiger partial charge in [0.25, 0.3) is 0 Å². The van der Waals surface area contributed by atoms with Gasteiger partial charge < -0.3 is 14.6 Å². The standard InChI is InChI=1S/C20H26O5/c1-10(2)8-15(22)25-18-16-12(4)19(23)24-13(16)9-20(5)14(21)7-6-11(3)17(18)20/h8,13-14,16-18,21H,3-4,6-7,9H2,1-2,5H3. The van der Waals surface area contributed by atoms with E-state index in [1.807, 2.05) is 20.8 Å². The lowest BCUT2D eigenvalue weighted by atomic mass is 9.53. The van der Waals surface area contributed by atoms with E-state index in [1.165, 1.54) is 6.08 Å². The van der Waals surface area contributed by atoms with Crippen molar-refractivity contribution in [3.8, 4) is 0 Å². The molecule has 5 heteroatoms. The predicted molar refractivity (Wildman–Crippen MR) is 92.4 cm³/mol. The monoisotopic (exact) mass is 346 g/mol. The lowest BCUT2D eigenvalue weighted by Crippen LogP contribution is -2.58. The third-order valence-corrected chi connectivity index (χ3v) is 5.96. The quantitative estimate of drug-likeness (QED) is 0.473. The Hall–Kier alpha value is -1.88. The minimum absolute atomic E-state index is 0.224. The van der Waals surface area contributed by atoms with Gasteiger partial charge in [-0.15, -0.1) is 0 Å². The number of fused-ring (bicyclic) bond motifs is 2. The number of esters is 2. The normalized spacial score (nSPS) is 40.0. The molecule has 6 atom stereocenters. The maximum absolute atomic E-state index is 12.3. The van der Waals surface area contributed by atoms with Crippen LogP contribution in [0, 0.1) is 17.3 Å². The highest BCUT2D eigenvalue weighted by Crippen LogP contribution is 2.57. The van der Waals surface area contributed by atoms with E-state index in [2.05, 4.69) is 13.2 Å². The Morgan fingerprint density at radius 2 is 2.08 bits per heavy atom. The molecule has 1 aliphatic heterocycles. The van der Waals surface area contributed by atoms with Crippen LogP contribution in [0.5, 0.6) is 0 Å². The zero-order valence-corrected chi connectivity index (χ0v) is 15.1. The van der Waals surface area contributed by atoms with Crippen molar-refractivity contribution < 1.29 is 24.2 Å². The highest BCUT2D eigenvalue weighted by Gasteiger charge is 2.62. The van der Waals surface area contributed by atoms with E-state index in [4.69, 9.17) is 9.47 Å². The summed E-state index contributed by atoms with van der Waals surface area (Å²) in [5.41, 5.74) is 1.58. The smallest absolute Gasteiger partial charge is 0.334 e. The van der Waals surface area contributed by atoms with E-state index in [-0.39, 0.29) is 11.8 Å². The van der Waals surface area contributed by atoms with Crippen LogP contribution in [0.3, 0.4) is 0 Å². The second-order valence-corrected chi connectivity index (χ2v) is 8.02. The van der Waals surface area contributed by atoms with Crippen molar-refractivity contribution in [2.24, 2.45) is 17.3 Å². The molecule has 1 heterocycles. The largest absolute Gasteiger partial charge is 0.458 e. The molecule has 0 amide bonds. The first-order chi connectivity index (χ1) is 11.6. The van der Waals surface area contributed by atoms with Gasteiger partial charge in [-0.1, -0.05) is 31.2 Å². The number of hydrogen-bond acceptors (Lipinski definition) is 5. The molecule has 0 aromatic rings. The summed E-state index contributed by atoms with van der Waals surface area (Å²) in [5.74, 6) is -1.51. The molecule has 0 aromatic carbocycles. The number of aliphatic hydroxyl groups is 1. The number of carbonyl (C=O) groups excluding carboxylic acids is 2. The van der Waals surface area contributed by atoms with Gasteiger partial charge in [-0.25, -0.2) is 9.59 Å². The van der Waals surface area contributed by atoms with Gasteiger partial charge in [-0.2, -0.15) is 0 Å². The number of aliphatic hydroxyl groups excluding tert-OH is 1. The van der Waals surface area contributed by atoms with Crippen molar-refractivity contribution in [2.45, 2.75) is 58.3 Å². The third kappa shape index (κ3) is 2.84. The first-order valence-corrected chi connectivity index (χ1v) is 8.76. The van der Waals surface area contributed by atoms with Crippen LogP contribution in [-0.4, -0.2) is 35.4 Å². The van der Waals surface area contributed by atoms with Crippen molar-refractivity contribution in [3.63, 3.8) is 0 Å². The molecule has 3 aliphatic rings. The molecule has 0 bridgehead atoms. The fraction of sp³-hybridized carbons (Fsp3) is 0.600. The summed E-state index contributed by atoms with van der Waals surface area (Å²) in [6.45, 7) is 13.7. The van der Waals surface area contributed by atoms with Crippen molar-refractivity contribution in [3.05, 3.63) is 36.0 Å². The van der Waals surface area contributed by atoms with Crippen LogP contribution in [0.25, 0.3) is 0 Å². The lowest BCUT2D eigenvalue weighted by molar-refractivity contribution is -0.176. The fourth-order valence-electron chi connectivity index (χ4n) is 4.76. The van der Waals surface area contributed by atoms with Crippen LogP contribution in [0.2, 0.25) is 0 Å². The maximum atomic E-state index is 12.3. The Morgan fingerprint density at radius 1 is 1.40 bits per heavy atom. The minimum atomic E-state index is -0.603. The summed E-state index contributed by atoms with van der Waals surface area (Å²) >= 11 is 0. The van der Waals surface area contributed by atoms with Gasteiger partial charge >= 0.3 is 11.9 Å². The molecule has 0 spiro atoms. The van der Waals surface area contributed by atoms with E-state index in [9.17, 15) is 14.7 Å². The van der Waals surface area contributed by atoms with Crippen LogP contribution in [0.4, 0.5) is 0 Å². The van der Waals surface area contributed by atoms with Crippen molar-refractivity contribution >= 4 is 11.9 Å². The highest BCUT2D eigenvalue weighted by molar-refractivity contribution is 5.91. The maximum Gasteiger partial charge on any atom is 0.334 e. The average molecular weight is 346 g/mol. The van der Waals surface area contributed by atoms with Crippen molar-refractivity contribution in [1.29, 1.82) is 0 Å². The summed E-state index contributed by atoms with van der Waals surface area (Å²) in [5, 5.41) is 10.7. The molecule has 1 N–H and O–H groups in total. The molecule has 0 aromatic heterocycles. The summed E-state index contributed by atoms with van der Waals surface area (Å²) < 4.78 is 11.3. The fourth-order valence-corrected chi connectivity index (χ4v) is 4.76. The van der Waals surface area contributed by atoms with Crippen LogP contribution in [0.1, 0.15) is 40.0 Å². The molecule has 3 fully saturated rings. The SMILES string of the molecule is C=C1C(=O)OC2CC3(C)C(O)CCC(=C)C3C(OC(=O)C=C(C)C)C12. The molecule has 136 valence electrons. The molecular formula is C20H26O5. The van der Waals surface area contributed by atoms with E-state index in [1.54, 1.807) is 0 Å². The molecule has 25 heavy (non-hydrogen) atoms. The molecule has 3 rings (SSSR count). The van der Waals surface area contributed by atoms with Gasteiger partial charge in [-0.3, -0.25) is 0 Å². The van der Waals surface area contributed by atoms with Crippen LogP contribution >= 0.6 is 0 Å². The Bertz CT molecular complexity index is 672. The van der Waals surface area contributed by atoms with E-state index < -0.39 is 35.7 Å². The summed E-state index contributed by atoms with van der Waals surface area (Å²) in [7, 11) is 0. The molecular weight excluding hydrogens is 320 g/mol. The summed E-state index contributed by atoms with van der Waals surface area (Å²) in [4.78, 5) is 24.4. The molecule has 1 saturated heterocycles. The Kier molecular flexibility index (Phi) is 4.40. The van der Waals surface area contributed by atoms with Crippen molar-refractivity contribution in [2.75, 3.05) is 0 Å². The second-order valence-electron chi connectivity index (χ2n) is 8.02. The number of ether oxygens (including phenoxy) is 2. The topological polar surface area (TPSA) is 72.8 Å². The summed E-state index contributed by atoms with van der Waals surface area (Å²) in [6.07, 6.45) is 1.66. The van der Waals surface area contributed by atoms with Gasteiger partial charge in [0.15, 0.2) is 0 Å². The number of carbonyl (C=O) groups is 2. The minimum Gasteiger partial charge on any atom is -0.458 e. The van der Waals surface area contributed by atoms with Gasteiger partial charge in [0, 0.05) is 23.0 Å². The molecule has 0 radical (unpaired) electrons. The van der Waals surface area contributed by atoms with Crippen LogP contribution in [0.15, 0.2) is 36.0 Å². The number of allylic oxidation sites excluding steroid dienone is 1. The Balaban J connectivity index is 2.03. The third-order valence-electron chi connectivity index (χ3n) is 5.96. The summed E-state index contributed by atoms with van der Waals surface area (Å²) in [6, 6.07) is 0. The second kappa shape index (κ2) is 6.13. The van der Waals surface area contributed by atoms with Crippen LogP contribution in [-0.2, 0) is 19.1 Å². The predicted octanol–water partition coefficient (Wildman–Crippen LogP) is 2.70. The van der Waals surface area contributed by atoms with E-state index in [0.29, 0.717) is 24.8 Å². The van der Waals surface area contributed by atoms with E-state index >= 15 is 0 Å². The molecule has 2 aliphatic carbocycles. The first-order valence-electron chi connectivity index (χ1n) is 8.76. The lowest BCUT2D eigenvalue weighted by Gasteiger charge is -2.54. The number of rotatable bonds is 2. The van der Waals surface area contributed by atoms with Gasteiger partial charge in [0.05, 0.1) is 12.0 Å². The molecule has 6 unspecified atom stereocenters. The van der Waals surface area contributed by atoms with Gasteiger partial charge in [0.2, 0.25) is 0 Å². The Labute approximate surface area is 148 Å². The van der Waals surface area contributed by atoms with Crippen LogP contribution < -0.4 is 0 Å². The highest BCUT2D eigenvalue weighted by atomic mass is 16.6. The van der Waals surface area contributed by atoms with Crippen molar-refractivity contribution in [1.82, 2.24) is 0 Å². The Morgan fingerprint density at radius 3 is 2.72 bits per heavy atom. The zero-order chi connectivity index (χ0) is 18.5. The van der Waals surface area contributed by atoms with Gasteiger partial charge in [0.1, 0.15) is 12.2 Å². The molecule has 2 saturated carbocycles. The molecule has 5 nitrogen and oxygen atoms in total.